The molecule has 1 aliphatic carbocycles. The quantitative estimate of drug-likeness (QED) is 0.684. The molecule has 1 heterocycles. The van der Waals surface area contributed by atoms with Crippen LogP contribution in [0.3, 0.4) is 0 Å². The van der Waals surface area contributed by atoms with E-state index in [-0.39, 0.29) is 5.56 Å². The van der Waals surface area contributed by atoms with Gasteiger partial charge in [-0.05, 0) is 19.3 Å². The molecule has 0 saturated heterocycles. The highest BCUT2D eigenvalue weighted by atomic mass is 16.1. The van der Waals surface area contributed by atoms with Crippen LogP contribution in [0.4, 0.5) is 5.82 Å². The third-order valence-corrected chi connectivity index (χ3v) is 3.37. The third-order valence-electron chi connectivity index (χ3n) is 3.37. The molecule has 16 heavy (non-hydrogen) atoms. The molecule has 0 spiro atoms. The van der Waals surface area contributed by atoms with E-state index in [4.69, 9.17) is 11.5 Å². The van der Waals surface area contributed by atoms with E-state index in [9.17, 15) is 4.79 Å². The van der Waals surface area contributed by atoms with Crippen LogP contribution in [0.25, 0.3) is 0 Å². The first-order valence-electron chi connectivity index (χ1n) is 5.75. The highest BCUT2D eigenvalue weighted by Crippen LogP contribution is 2.34. The maximum atomic E-state index is 11.8. The molecule has 0 aliphatic heterocycles. The molecule has 0 amide bonds. The van der Waals surface area contributed by atoms with Crippen molar-refractivity contribution in [3.8, 4) is 0 Å². The van der Waals surface area contributed by atoms with Crippen LogP contribution in [-0.2, 0) is 12.0 Å². The Hall–Kier alpha value is -1.36. The number of H-pyrrole nitrogens is 1. The lowest BCUT2D eigenvalue weighted by atomic mass is 9.98. The number of aromatic amines is 1. The van der Waals surface area contributed by atoms with E-state index < -0.39 is 5.54 Å². The summed E-state index contributed by atoms with van der Waals surface area (Å²) in [6.45, 7) is 1.88. The molecular formula is C11H18N4O. The molecule has 1 saturated carbocycles. The Bertz CT molecular complexity index is 446. The summed E-state index contributed by atoms with van der Waals surface area (Å²) >= 11 is 0. The van der Waals surface area contributed by atoms with Gasteiger partial charge in [-0.3, -0.25) is 4.79 Å². The van der Waals surface area contributed by atoms with Gasteiger partial charge in [-0.2, -0.15) is 0 Å². The number of nitrogens with two attached hydrogens (primary N) is 2. The highest BCUT2D eigenvalue weighted by Gasteiger charge is 2.34. The van der Waals surface area contributed by atoms with E-state index in [1.807, 2.05) is 6.92 Å². The molecule has 5 nitrogen and oxygen atoms in total. The minimum absolute atomic E-state index is 0.151. The molecule has 2 rings (SSSR count). The van der Waals surface area contributed by atoms with Crippen LogP contribution in [0.1, 0.15) is 44.0 Å². The van der Waals surface area contributed by atoms with Crippen molar-refractivity contribution >= 4 is 5.82 Å². The molecule has 0 atom stereocenters. The lowest BCUT2D eigenvalue weighted by Crippen LogP contribution is -2.38. The summed E-state index contributed by atoms with van der Waals surface area (Å²) in [6.07, 6.45) is 4.47. The first-order chi connectivity index (χ1) is 7.57. The summed E-state index contributed by atoms with van der Waals surface area (Å²) in [5.74, 6) is 0.864. The molecule has 0 radical (unpaired) electrons. The van der Waals surface area contributed by atoms with E-state index in [0.717, 1.165) is 25.7 Å². The standard InChI is InChI=1S/C11H18N4O/c1-2-7-8(12)14-10(15-9(7)16)11(13)5-3-4-6-11/h2-6,13H2,1H3,(H3,12,14,15,16). The summed E-state index contributed by atoms with van der Waals surface area (Å²) in [6, 6.07) is 0. The summed E-state index contributed by atoms with van der Waals surface area (Å²) in [4.78, 5) is 18.8. The Balaban J connectivity index is 2.48. The lowest BCUT2D eigenvalue weighted by Gasteiger charge is -2.22. The number of anilines is 1. The monoisotopic (exact) mass is 222 g/mol. The lowest BCUT2D eigenvalue weighted by molar-refractivity contribution is 0.430. The molecule has 5 heteroatoms. The SMILES string of the molecule is CCc1c(N)nc(C2(N)CCCC2)[nH]c1=O. The summed E-state index contributed by atoms with van der Waals surface area (Å²) in [5.41, 5.74) is 11.9. The van der Waals surface area contributed by atoms with Crippen LogP contribution in [0.15, 0.2) is 4.79 Å². The molecule has 1 aliphatic rings. The molecule has 0 aromatic carbocycles. The van der Waals surface area contributed by atoms with E-state index >= 15 is 0 Å². The Labute approximate surface area is 94.3 Å². The van der Waals surface area contributed by atoms with Crippen LogP contribution in [0, 0.1) is 0 Å². The fourth-order valence-corrected chi connectivity index (χ4v) is 2.34. The number of hydrogen-bond acceptors (Lipinski definition) is 4. The molecule has 5 N–H and O–H groups in total. The van der Waals surface area contributed by atoms with Crippen LogP contribution in [0.5, 0.6) is 0 Å². The van der Waals surface area contributed by atoms with Gasteiger partial charge in [-0.15, -0.1) is 0 Å². The number of aromatic nitrogens is 2. The maximum Gasteiger partial charge on any atom is 0.256 e. The van der Waals surface area contributed by atoms with Gasteiger partial charge in [0.05, 0.1) is 11.1 Å². The van der Waals surface area contributed by atoms with Crippen LogP contribution < -0.4 is 17.0 Å². The minimum atomic E-state index is -0.487. The van der Waals surface area contributed by atoms with Crippen LogP contribution >= 0.6 is 0 Å². The van der Waals surface area contributed by atoms with Crippen molar-refractivity contribution in [3.05, 3.63) is 21.7 Å². The fourth-order valence-electron chi connectivity index (χ4n) is 2.34. The second-order valence-electron chi connectivity index (χ2n) is 4.50. The topological polar surface area (TPSA) is 97.8 Å². The molecule has 0 bridgehead atoms. The zero-order valence-electron chi connectivity index (χ0n) is 9.55. The summed E-state index contributed by atoms with van der Waals surface area (Å²) in [7, 11) is 0. The van der Waals surface area contributed by atoms with E-state index in [2.05, 4.69) is 9.97 Å². The van der Waals surface area contributed by atoms with Gasteiger partial charge in [-0.25, -0.2) is 4.98 Å². The average Bonchev–Trinajstić information content (AvgIpc) is 2.66. The van der Waals surface area contributed by atoms with Gasteiger partial charge in [0.1, 0.15) is 11.6 Å². The molecule has 1 aromatic heterocycles. The van der Waals surface area contributed by atoms with Gasteiger partial charge >= 0.3 is 0 Å². The van der Waals surface area contributed by atoms with Crippen LogP contribution in [0.2, 0.25) is 0 Å². The number of nitrogens with one attached hydrogen (secondary N) is 1. The Kier molecular flexibility index (Phi) is 2.71. The van der Waals surface area contributed by atoms with E-state index in [1.165, 1.54) is 0 Å². The fraction of sp³-hybridized carbons (Fsp3) is 0.636. The van der Waals surface area contributed by atoms with Crippen molar-refractivity contribution in [2.75, 3.05) is 5.73 Å². The van der Waals surface area contributed by atoms with Gasteiger partial charge in [0, 0.05) is 0 Å². The van der Waals surface area contributed by atoms with Gasteiger partial charge in [-0.1, -0.05) is 19.8 Å². The molecule has 1 fully saturated rings. The Morgan fingerprint density at radius 2 is 2.06 bits per heavy atom. The third kappa shape index (κ3) is 1.71. The average molecular weight is 222 g/mol. The smallest absolute Gasteiger partial charge is 0.256 e. The predicted molar refractivity (Wildman–Crippen MR) is 63.0 cm³/mol. The summed E-state index contributed by atoms with van der Waals surface area (Å²) < 4.78 is 0. The number of rotatable bonds is 2. The van der Waals surface area contributed by atoms with E-state index in [0.29, 0.717) is 23.6 Å². The molecule has 0 unspecified atom stereocenters. The number of nitrogen functional groups attached to an aromatic ring is 1. The Morgan fingerprint density at radius 1 is 1.44 bits per heavy atom. The zero-order valence-corrected chi connectivity index (χ0v) is 9.55. The van der Waals surface area contributed by atoms with Gasteiger partial charge in [0.15, 0.2) is 0 Å². The molecule has 1 aromatic rings. The maximum absolute atomic E-state index is 11.8. The van der Waals surface area contributed by atoms with Gasteiger partial charge < -0.3 is 16.5 Å². The van der Waals surface area contributed by atoms with Crippen molar-refractivity contribution in [2.24, 2.45) is 5.73 Å². The zero-order chi connectivity index (χ0) is 11.8. The first kappa shape index (κ1) is 11.1. The normalized spacial score (nSPS) is 18.9. The Morgan fingerprint density at radius 3 is 2.56 bits per heavy atom. The predicted octanol–water partition coefficient (Wildman–Crippen LogP) is 0.642. The van der Waals surface area contributed by atoms with Gasteiger partial charge in [0.2, 0.25) is 0 Å². The van der Waals surface area contributed by atoms with Gasteiger partial charge in [0.25, 0.3) is 5.56 Å². The van der Waals surface area contributed by atoms with Crippen molar-refractivity contribution in [1.82, 2.24) is 9.97 Å². The molecule has 88 valence electrons. The minimum Gasteiger partial charge on any atom is -0.383 e. The second-order valence-corrected chi connectivity index (χ2v) is 4.50. The highest BCUT2D eigenvalue weighted by molar-refractivity contribution is 5.38. The van der Waals surface area contributed by atoms with Crippen molar-refractivity contribution < 1.29 is 0 Å². The van der Waals surface area contributed by atoms with Crippen molar-refractivity contribution in [3.63, 3.8) is 0 Å². The van der Waals surface area contributed by atoms with Crippen molar-refractivity contribution in [1.29, 1.82) is 0 Å². The molecular weight excluding hydrogens is 204 g/mol. The van der Waals surface area contributed by atoms with Crippen LogP contribution in [-0.4, -0.2) is 9.97 Å². The van der Waals surface area contributed by atoms with Crippen molar-refractivity contribution in [2.45, 2.75) is 44.6 Å². The summed E-state index contributed by atoms with van der Waals surface area (Å²) in [5, 5.41) is 0. The second kappa shape index (κ2) is 3.90. The van der Waals surface area contributed by atoms with E-state index in [1.54, 1.807) is 0 Å². The number of hydrogen-bond donors (Lipinski definition) is 3. The number of nitrogens with zero attached hydrogens (tertiary/aromatic N) is 1. The largest absolute Gasteiger partial charge is 0.383 e. The first-order valence-corrected chi connectivity index (χ1v) is 5.75.